The molecule has 0 fully saturated rings. The molecule has 1 rings (SSSR count). The largest absolute Gasteiger partial charge is 0.310 e. The molecule has 1 unspecified atom stereocenters. The van der Waals surface area contributed by atoms with Gasteiger partial charge in [-0.1, -0.05) is 33.1 Å². The molecular weight excluding hydrogens is 254 g/mol. The minimum absolute atomic E-state index is 0.523. The first-order chi connectivity index (χ1) is 9.95. The maximum atomic E-state index is 3.80. The molecular formula is C20H35N. The third-order valence-corrected chi connectivity index (χ3v) is 5.14. The number of hydrogen-bond acceptors (Lipinski definition) is 1. The van der Waals surface area contributed by atoms with Crippen LogP contribution in [0.4, 0.5) is 0 Å². The van der Waals surface area contributed by atoms with Crippen LogP contribution in [0, 0.1) is 34.6 Å². The molecule has 1 nitrogen and oxygen atoms in total. The minimum atomic E-state index is 0.523. The fraction of sp³-hybridized carbons (Fsp3) is 0.700. The monoisotopic (exact) mass is 289 g/mol. The summed E-state index contributed by atoms with van der Waals surface area (Å²) in [6, 6.07) is 0.523. The van der Waals surface area contributed by atoms with Gasteiger partial charge < -0.3 is 5.32 Å². The summed E-state index contributed by atoms with van der Waals surface area (Å²) in [7, 11) is 0. The molecule has 0 radical (unpaired) electrons. The van der Waals surface area contributed by atoms with Crippen LogP contribution in [-0.2, 0) is 0 Å². The Balaban J connectivity index is 3.16. The second kappa shape index (κ2) is 8.58. The van der Waals surface area contributed by atoms with Crippen LogP contribution < -0.4 is 5.32 Å². The lowest BCUT2D eigenvalue weighted by Crippen LogP contribution is -2.24. The lowest BCUT2D eigenvalue weighted by atomic mass is 9.84. The molecule has 0 aliphatic carbocycles. The van der Waals surface area contributed by atoms with Crippen molar-refractivity contribution in [2.24, 2.45) is 0 Å². The quantitative estimate of drug-likeness (QED) is 0.592. The number of nitrogens with one attached hydrogen (secondary N) is 1. The van der Waals surface area contributed by atoms with Gasteiger partial charge in [0.15, 0.2) is 0 Å². The summed E-state index contributed by atoms with van der Waals surface area (Å²) in [5.41, 5.74) is 9.00. The predicted octanol–water partition coefficient (Wildman–Crippen LogP) is 5.85. The summed E-state index contributed by atoms with van der Waals surface area (Å²) in [6.45, 7) is 17.1. The molecule has 1 aromatic carbocycles. The number of hydrogen-bond donors (Lipinski definition) is 1. The van der Waals surface area contributed by atoms with Crippen molar-refractivity contribution in [3.8, 4) is 0 Å². The Morgan fingerprint density at radius 1 is 0.714 bits per heavy atom. The Hall–Kier alpha value is -0.820. The van der Waals surface area contributed by atoms with E-state index >= 15 is 0 Å². The smallest absolute Gasteiger partial charge is 0.0325 e. The van der Waals surface area contributed by atoms with Gasteiger partial charge in [0.25, 0.3) is 0 Å². The van der Waals surface area contributed by atoms with Gasteiger partial charge >= 0.3 is 0 Å². The van der Waals surface area contributed by atoms with Gasteiger partial charge in [0.05, 0.1) is 0 Å². The molecule has 0 heterocycles. The van der Waals surface area contributed by atoms with Crippen molar-refractivity contribution >= 4 is 0 Å². The molecule has 0 bridgehead atoms. The maximum Gasteiger partial charge on any atom is 0.0325 e. The Bertz CT molecular complexity index is 430. The zero-order valence-corrected chi connectivity index (χ0v) is 15.3. The summed E-state index contributed by atoms with van der Waals surface area (Å²) < 4.78 is 0. The van der Waals surface area contributed by atoms with Gasteiger partial charge in [-0.05, 0) is 87.4 Å². The molecule has 1 atom stereocenters. The van der Waals surface area contributed by atoms with Gasteiger partial charge in [0.2, 0.25) is 0 Å². The van der Waals surface area contributed by atoms with Crippen molar-refractivity contribution < 1.29 is 0 Å². The van der Waals surface area contributed by atoms with E-state index in [1.54, 1.807) is 5.56 Å². The van der Waals surface area contributed by atoms with Crippen LogP contribution in [0.15, 0.2) is 0 Å². The highest BCUT2D eigenvalue weighted by Crippen LogP contribution is 2.32. The van der Waals surface area contributed by atoms with E-state index in [-0.39, 0.29) is 0 Å². The van der Waals surface area contributed by atoms with Crippen LogP contribution in [0.5, 0.6) is 0 Å². The summed E-state index contributed by atoms with van der Waals surface area (Å²) in [5, 5.41) is 3.80. The molecule has 0 amide bonds. The van der Waals surface area contributed by atoms with E-state index in [9.17, 15) is 0 Å². The fourth-order valence-corrected chi connectivity index (χ4v) is 3.32. The fourth-order valence-electron chi connectivity index (χ4n) is 3.32. The Kier molecular flexibility index (Phi) is 7.45. The lowest BCUT2D eigenvalue weighted by Gasteiger charge is -2.27. The third-order valence-electron chi connectivity index (χ3n) is 5.14. The molecule has 1 N–H and O–H groups in total. The van der Waals surface area contributed by atoms with Crippen molar-refractivity contribution in [2.75, 3.05) is 6.54 Å². The number of unbranched alkanes of at least 4 members (excludes halogenated alkanes) is 2. The number of rotatable bonds is 8. The highest BCUT2D eigenvalue weighted by atomic mass is 14.9. The van der Waals surface area contributed by atoms with E-state index in [0.717, 1.165) is 6.54 Å². The maximum absolute atomic E-state index is 3.80. The minimum Gasteiger partial charge on any atom is -0.310 e. The highest BCUT2D eigenvalue weighted by molar-refractivity contribution is 5.50. The first-order valence-electron chi connectivity index (χ1n) is 8.75. The zero-order chi connectivity index (χ0) is 16.0. The second-order valence-corrected chi connectivity index (χ2v) is 6.54. The molecule has 1 aromatic rings. The standard InChI is InChI=1S/C20H35N/c1-8-10-11-12-19(21-13-9-2)20-17(6)15(4)14(3)16(5)18(20)7/h19,21H,8-13H2,1-7H3. The molecule has 0 saturated heterocycles. The molecule has 0 aliphatic rings. The van der Waals surface area contributed by atoms with Crippen molar-refractivity contribution in [1.82, 2.24) is 5.32 Å². The van der Waals surface area contributed by atoms with Crippen LogP contribution in [-0.4, -0.2) is 6.54 Å². The topological polar surface area (TPSA) is 12.0 Å². The van der Waals surface area contributed by atoms with Gasteiger partial charge in [-0.2, -0.15) is 0 Å². The van der Waals surface area contributed by atoms with Crippen molar-refractivity contribution in [2.45, 2.75) is 86.6 Å². The third kappa shape index (κ3) is 4.32. The van der Waals surface area contributed by atoms with Gasteiger partial charge in [0.1, 0.15) is 0 Å². The van der Waals surface area contributed by atoms with Gasteiger partial charge in [-0.3, -0.25) is 0 Å². The van der Waals surface area contributed by atoms with Crippen LogP contribution in [0.3, 0.4) is 0 Å². The first-order valence-corrected chi connectivity index (χ1v) is 8.75. The van der Waals surface area contributed by atoms with Crippen molar-refractivity contribution in [3.63, 3.8) is 0 Å². The molecule has 0 aliphatic heterocycles. The summed E-state index contributed by atoms with van der Waals surface area (Å²) >= 11 is 0. The zero-order valence-electron chi connectivity index (χ0n) is 15.3. The summed E-state index contributed by atoms with van der Waals surface area (Å²) in [6.07, 6.45) is 6.42. The van der Waals surface area contributed by atoms with Crippen LogP contribution in [0.25, 0.3) is 0 Å². The van der Waals surface area contributed by atoms with E-state index in [4.69, 9.17) is 0 Å². The van der Waals surface area contributed by atoms with Gasteiger partial charge in [0, 0.05) is 6.04 Å². The lowest BCUT2D eigenvalue weighted by molar-refractivity contribution is 0.470. The average molecular weight is 290 g/mol. The van der Waals surface area contributed by atoms with E-state index in [1.165, 1.54) is 59.9 Å². The Morgan fingerprint density at radius 2 is 1.24 bits per heavy atom. The average Bonchev–Trinajstić information content (AvgIpc) is 2.48. The normalized spacial score (nSPS) is 12.7. The highest BCUT2D eigenvalue weighted by Gasteiger charge is 2.19. The van der Waals surface area contributed by atoms with Crippen molar-refractivity contribution in [3.05, 3.63) is 33.4 Å². The predicted molar refractivity (Wildman–Crippen MR) is 95.3 cm³/mol. The van der Waals surface area contributed by atoms with E-state index < -0.39 is 0 Å². The first kappa shape index (κ1) is 18.2. The molecule has 21 heavy (non-hydrogen) atoms. The van der Waals surface area contributed by atoms with Crippen LogP contribution in [0.2, 0.25) is 0 Å². The second-order valence-electron chi connectivity index (χ2n) is 6.54. The van der Waals surface area contributed by atoms with E-state index in [0.29, 0.717) is 6.04 Å². The SMILES string of the molecule is CCCCCC(NCCC)c1c(C)c(C)c(C)c(C)c1C. The van der Waals surface area contributed by atoms with Gasteiger partial charge in [-0.15, -0.1) is 0 Å². The molecule has 1 heteroatoms. The molecule has 0 aromatic heterocycles. The van der Waals surface area contributed by atoms with Crippen molar-refractivity contribution in [1.29, 1.82) is 0 Å². The number of benzene rings is 1. The summed E-state index contributed by atoms with van der Waals surface area (Å²) in [5.74, 6) is 0. The Labute approximate surface area is 132 Å². The molecule has 0 saturated carbocycles. The van der Waals surface area contributed by atoms with Gasteiger partial charge in [-0.25, -0.2) is 0 Å². The molecule has 120 valence electrons. The van der Waals surface area contributed by atoms with Crippen LogP contribution in [0.1, 0.15) is 85.4 Å². The van der Waals surface area contributed by atoms with E-state index in [1.807, 2.05) is 0 Å². The van der Waals surface area contributed by atoms with E-state index in [2.05, 4.69) is 53.8 Å². The molecule has 0 spiro atoms. The summed E-state index contributed by atoms with van der Waals surface area (Å²) in [4.78, 5) is 0. The Morgan fingerprint density at radius 3 is 1.71 bits per heavy atom. The van der Waals surface area contributed by atoms with Crippen LogP contribution >= 0.6 is 0 Å².